The van der Waals surface area contributed by atoms with Crippen molar-refractivity contribution in [1.82, 2.24) is 24.5 Å². The molecule has 1 aromatic heterocycles. The second-order valence-electron chi connectivity index (χ2n) is 8.96. The van der Waals surface area contributed by atoms with Crippen LogP contribution in [0.25, 0.3) is 0 Å². The Morgan fingerprint density at radius 3 is 2.55 bits per heavy atom. The van der Waals surface area contributed by atoms with Gasteiger partial charge in [-0.2, -0.15) is 10.1 Å². The van der Waals surface area contributed by atoms with Gasteiger partial charge >= 0.3 is 0 Å². The molecular weight excluding hydrogens is 434 g/mol. The zero-order valence-electron chi connectivity index (χ0n) is 19.0. The van der Waals surface area contributed by atoms with Gasteiger partial charge in [0.25, 0.3) is 11.8 Å². The largest absolute Gasteiger partial charge is 0.370 e. The molecule has 0 radical (unpaired) electrons. The van der Waals surface area contributed by atoms with Crippen molar-refractivity contribution in [1.29, 1.82) is 0 Å². The van der Waals surface area contributed by atoms with Crippen molar-refractivity contribution in [3.05, 3.63) is 18.0 Å². The molecule has 4 aliphatic rings. The van der Waals surface area contributed by atoms with Gasteiger partial charge in [-0.25, -0.2) is 13.8 Å². The summed E-state index contributed by atoms with van der Waals surface area (Å²) >= 11 is 0. The molecule has 0 aliphatic carbocycles. The van der Waals surface area contributed by atoms with Gasteiger partial charge in [0.05, 0.1) is 19.3 Å². The van der Waals surface area contributed by atoms with Gasteiger partial charge in [0.1, 0.15) is 23.8 Å². The number of carbonyl (C=O) groups excluding carboxylic acids is 1. The number of morpholine rings is 1. The third-order valence-corrected chi connectivity index (χ3v) is 6.69. The number of carbonyl (C=O) groups is 1. The fraction of sp³-hybridized carbons (Fsp3) is 0.667. The number of piperidine rings is 1. The van der Waals surface area contributed by atoms with Gasteiger partial charge in [-0.15, -0.1) is 0 Å². The summed E-state index contributed by atoms with van der Waals surface area (Å²) in [6.07, 6.45) is 2.99. The smallest absolute Gasteiger partial charge is 0.255 e. The highest BCUT2D eigenvalue weighted by Crippen LogP contribution is 2.31. The van der Waals surface area contributed by atoms with Crippen LogP contribution in [0.1, 0.15) is 31.4 Å². The maximum Gasteiger partial charge on any atom is 0.255 e. The van der Waals surface area contributed by atoms with Gasteiger partial charge in [-0.3, -0.25) is 14.5 Å². The molecule has 1 amide bonds. The molecule has 5 rings (SSSR count). The number of likely N-dealkylation sites (tertiary alicyclic amines) is 1. The quantitative estimate of drug-likeness (QED) is 0.619. The molecule has 178 valence electrons. The number of amides is 1. The molecular formula is C21H28F2N8O2. The van der Waals surface area contributed by atoms with E-state index in [0.717, 1.165) is 5.56 Å². The SMILES string of the molecule is CC1=NC2C(N3CCC(F)(F)CC3)=NC(N3CCO[C@@H](c4cnn(C)c4)C3)=NC2C(=O)N1C. The van der Waals surface area contributed by atoms with E-state index in [0.29, 0.717) is 37.3 Å². The Balaban J connectivity index is 1.46. The predicted octanol–water partition coefficient (Wildman–Crippen LogP) is 0.920. The first-order valence-corrected chi connectivity index (χ1v) is 11.2. The number of guanidine groups is 1. The number of hydrogen-bond donors (Lipinski definition) is 0. The number of aromatic nitrogens is 2. The van der Waals surface area contributed by atoms with Crippen LogP contribution in [0.5, 0.6) is 0 Å². The highest BCUT2D eigenvalue weighted by Gasteiger charge is 2.45. The fourth-order valence-electron chi connectivity index (χ4n) is 4.61. The van der Waals surface area contributed by atoms with E-state index in [1.54, 1.807) is 24.9 Å². The number of aliphatic imine (C=N–C) groups is 3. The highest BCUT2D eigenvalue weighted by atomic mass is 19.3. The lowest BCUT2D eigenvalue weighted by molar-refractivity contribution is -0.128. The molecule has 2 unspecified atom stereocenters. The van der Waals surface area contributed by atoms with Crippen LogP contribution in [0.4, 0.5) is 8.78 Å². The molecule has 2 fully saturated rings. The number of nitrogens with zero attached hydrogens (tertiary/aromatic N) is 8. The van der Waals surface area contributed by atoms with Crippen molar-refractivity contribution < 1.29 is 18.3 Å². The molecule has 3 atom stereocenters. The van der Waals surface area contributed by atoms with Crippen LogP contribution in [0, 0.1) is 0 Å². The lowest BCUT2D eigenvalue weighted by atomic mass is 9.99. The van der Waals surface area contributed by atoms with Crippen LogP contribution in [0.3, 0.4) is 0 Å². The van der Waals surface area contributed by atoms with Crippen LogP contribution >= 0.6 is 0 Å². The fourth-order valence-corrected chi connectivity index (χ4v) is 4.61. The van der Waals surface area contributed by atoms with Crippen molar-refractivity contribution >= 4 is 23.5 Å². The molecule has 33 heavy (non-hydrogen) atoms. The molecule has 0 saturated carbocycles. The molecule has 5 heterocycles. The Bertz CT molecular complexity index is 1030. The van der Waals surface area contributed by atoms with Crippen molar-refractivity contribution in [3.63, 3.8) is 0 Å². The minimum Gasteiger partial charge on any atom is -0.370 e. The zero-order chi connectivity index (χ0) is 23.3. The number of likely N-dealkylation sites (N-methyl/N-ethyl adjacent to an activating group) is 1. The third-order valence-electron chi connectivity index (χ3n) is 6.69. The minimum absolute atomic E-state index is 0.169. The number of alkyl halides is 2. The molecule has 0 spiro atoms. The summed E-state index contributed by atoms with van der Waals surface area (Å²) < 4.78 is 35.3. The van der Waals surface area contributed by atoms with E-state index in [9.17, 15) is 13.6 Å². The molecule has 0 N–H and O–H groups in total. The van der Waals surface area contributed by atoms with Crippen molar-refractivity contribution in [2.75, 3.05) is 39.8 Å². The summed E-state index contributed by atoms with van der Waals surface area (Å²) in [7, 11) is 3.52. The van der Waals surface area contributed by atoms with E-state index < -0.39 is 18.0 Å². The topological polar surface area (TPSA) is 90.9 Å². The van der Waals surface area contributed by atoms with Gasteiger partial charge in [0.2, 0.25) is 5.96 Å². The first kappa shape index (κ1) is 21.9. The summed E-state index contributed by atoms with van der Waals surface area (Å²) in [5.74, 6) is -1.30. The van der Waals surface area contributed by atoms with E-state index >= 15 is 0 Å². The number of fused-ring (bicyclic) bond motifs is 1. The average Bonchev–Trinajstić information content (AvgIpc) is 3.24. The minimum atomic E-state index is -2.68. The van der Waals surface area contributed by atoms with E-state index in [-0.39, 0.29) is 37.9 Å². The molecule has 2 saturated heterocycles. The Morgan fingerprint density at radius 1 is 1.09 bits per heavy atom. The molecule has 0 aromatic carbocycles. The van der Waals surface area contributed by atoms with Gasteiger partial charge in [0, 0.05) is 58.3 Å². The first-order valence-electron chi connectivity index (χ1n) is 11.2. The summed E-state index contributed by atoms with van der Waals surface area (Å²) in [6.45, 7) is 3.64. The number of rotatable bonds is 1. The second kappa shape index (κ2) is 8.15. The normalized spacial score (nSPS) is 30.0. The van der Waals surface area contributed by atoms with Gasteiger partial charge < -0.3 is 19.4 Å². The van der Waals surface area contributed by atoms with Crippen LogP contribution in [-0.2, 0) is 16.6 Å². The van der Waals surface area contributed by atoms with Crippen LogP contribution < -0.4 is 0 Å². The maximum atomic E-state index is 13.8. The van der Waals surface area contributed by atoms with Gasteiger partial charge in [-0.05, 0) is 6.92 Å². The Kier molecular flexibility index (Phi) is 5.42. The monoisotopic (exact) mass is 462 g/mol. The summed E-state index contributed by atoms with van der Waals surface area (Å²) in [5, 5.41) is 4.22. The van der Waals surface area contributed by atoms with E-state index in [1.807, 2.05) is 23.0 Å². The van der Waals surface area contributed by atoms with E-state index in [2.05, 4.69) is 10.1 Å². The molecule has 0 bridgehead atoms. The zero-order valence-corrected chi connectivity index (χ0v) is 19.0. The lowest BCUT2D eigenvalue weighted by Crippen LogP contribution is -2.59. The van der Waals surface area contributed by atoms with Gasteiger partial charge in [0.15, 0.2) is 6.04 Å². The van der Waals surface area contributed by atoms with Crippen LogP contribution in [-0.4, -0.2) is 106 Å². The van der Waals surface area contributed by atoms with E-state index in [4.69, 9.17) is 14.7 Å². The van der Waals surface area contributed by atoms with E-state index in [1.165, 1.54) is 4.90 Å². The molecule has 12 heteroatoms. The first-order chi connectivity index (χ1) is 15.7. The number of halogens is 2. The molecule has 10 nitrogen and oxygen atoms in total. The highest BCUT2D eigenvalue weighted by molar-refractivity contribution is 6.11. The predicted molar refractivity (Wildman–Crippen MR) is 118 cm³/mol. The Morgan fingerprint density at radius 2 is 1.85 bits per heavy atom. The lowest BCUT2D eigenvalue weighted by Gasteiger charge is -2.42. The van der Waals surface area contributed by atoms with Crippen molar-refractivity contribution in [2.45, 2.75) is 43.9 Å². The second-order valence-corrected chi connectivity index (χ2v) is 8.96. The summed E-state index contributed by atoms with van der Waals surface area (Å²) in [4.78, 5) is 32.6. The number of hydrogen-bond acceptors (Lipinski definition) is 8. The maximum absolute atomic E-state index is 13.8. The Labute approximate surface area is 190 Å². The van der Waals surface area contributed by atoms with Crippen molar-refractivity contribution in [2.24, 2.45) is 22.0 Å². The van der Waals surface area contributed by atoms with Gasteiger partial charge in [-0.1, -0.05) is 0 Å². The van der Waals surface area contributed by atoms with Crippen molar-refractivity contribution in [3.8, 4) is 0 Å². The van der Waals surface area contributed by atoms with Crippen LogP contribution in [0.2, 0.25) is 0 Å². The Hall–Kier alpha value is -2.89. The summed E-state index contributed by atoms with van der Waals surface area (Å²) in [6, 6.07) is -1.36. The van der Waals surface area contributed by atoms with Crippen LogP contribution in [0.15, 0.2) is 27.4 Å². The number of amidine groups is 2. The molecule has 1 aromatic rings. The average molecular weight is 463 g/mol. The molecule has 4 aliphatic heterocycles. The number of aryl methyl sites for hydroxylation is 1. The number of ether oxygens (including phenoxy) is 1. The standard InChI is InChI=1S/C21H28F2N8O2/c1-13-25-16-17(19(32)29(13)3)26-20(27-18(16)30-6-4-21(22,23)5-7-30)31-8-9-33-15(12-31)14-10-24-28(2)11-14/h10-11,15-17H,4-9,12H2,1-3H3/t15-,16?,17?/m1/s1. The summed E-state index contributed by atoms with van der Waals surface area (Å²) in [5.41, 5.74) is 0.952. The third kappa shape index (κ3) is 4.11.